The molecule has 1 amide bonds. The molecule has 1 heterocycles. The molecular formula is C20H25NO3S. The first-order chi connectivity index (χ1) is 12.0. The number of aryl methyl sites for hydroxylation is 2. The van der Waals surface area contributed by atoms with Crippen molar-refractivity contribution >= 4 is 28.2 Å². The van der Waals surface area contributed by atoms with Gasteiger partial charge in [0.25, 0.3) is 0 Å². The van der Waals surface area contributed by atoms with Crippen LogP contribution in [0.4, 0.5) is 5.00 Å². The molecule has 0 unspecified atom stereocenters. The van der Waals surface area contributed by atoms with Crippen molar-refractivity contribution in [1.29, 1.82) is 0 Å². The van der Waals surface area contributed by atoms with E-state index < -0.39 is 5.97 Å². The predicted octanol–water partition coefficient (Wildman–Crippen LogP) is 5.34. The van der Waals surface area contributed by atoms with Crippen LogP contribution in [0.15, 0.2) is 23.6 Å². The second kappa shape index (κ2) is 8.81. The summed E-state index contributed by atoms with van der Waals surface area (Å²) in [4.78, 5) is 24.6. The second-order valence-corrected chi connectivity index (χ2v) is 6.90. The molecule has 25 heavy (non-hydrogen) atoms. The molecular weight excluding hydrogens is 334 g/mol. The number of esters is 1. The molecule has 0 aliphatic heterocycles. The summed E-state index contributed by atoms with van der Waals surface area (Å²) in [6.07, 6.45) is 2.24. The highest BCUT2D eigenvalue weighted by Gasteiger charge is 2.22. The number of amides is 1. The zero-order chi connectivity index (χ0) is 18.4. The van der Waals surface area contributed by atoms with Gasteiger partial charge in [0.05, 0.1) is 6.61 Å². The number of nitrogens with one attached hydrogen (secondary N) is 1. The van der Waals surface area contributed by atoms with Gasteiger partial charge in [0.15, 0.2) is 0 Å². The molecule has 0 radical (unpaired) electrons. The molecule has 1 aromatic heterocycles. The Bertz CT molecular complexity index is 764. The van der Waals surface area contributed by atoms with Gasteiger partial charge < -0.3 is 10.1 Å². The minimum atomic E-state index is -0.400. The van der Waals surface area contributed by atoms with Crippen molar-refractivity contribution in [3.8, 4) is 11.1 Å². The van der Waals surface area contributed by atoms with E-state index in [4.69, 9.17) is 4.74 Å². The van der Waals surface area contributed by atoms with Crippen LogP contribution in [0.3, 0.4) is 0 Å². The van der Waals surface area contributed by atoms with Gasteiger partial charge in [-0.25, -0.2) is 4.79 Å². The van der Waals surface area contributed by atoms with Crippen molar-refractivity contribution < 1.29 is 14.3 Å². The predicted molar refractivity (Wildman–Crippen MR) is 103 cm³/mol. The van der Waals surface area contributed by atoms with E-state index in [1.807, 2.05) is 31.4 Å². The fourth-order valence-corrected chi connectivity index (χ4v) is 3.48. The summed E-state index contributed by atoms with van der Waals surface area (Å²) in [5.41, 5.74) is 4.56. The molecule has 0 saturated heterocycles. The van der Waals surface area contributed by atoms with Crippen molar-refractivity contribution in [2.45, 2.75) is 47.0 Å². The minimum Gasteiger partial charge on any atom is -0.462 e. The summed E-state index contributed by atoms with van der Waals surface area (Å²) in [6, 6.07) is 6.09. The normalized spacial score (nSPS) is 10.6. The third-order valence-corrected chi connectivity index (χ3v) is 4.99. The molecule has 2 aromatic rings. The van der Waals surface area contributed by atoms with Gasteiger partial charge in [-0.05, 0) is 43.9 Å². The van der Waals surface area contributed by atoms with Crippen LogP contribution in [-0.4, -0.2) is 18.5 Å². The fraction of sp³-hybridized carbons (Fsp3) is 0.400. The largest absolute Gasteiger partial charge is 0.462 e. The molecule has 134 valence electrons. The first-order valence-corrected chi connectivity index (χ1v) is 9.52. The number of carbonyl (C=O) groups excluding carboxylic acids is 2. The van der Waals surface area contributed by atoms with Crippen LogP contribution in [0.1, 0.15) is 54.6 Å². The Hall–Kier alpha value is -2.14. The number of rotatable bonds is 7. The van der Waals surface area contributed by atoms with E-state index in [2.05, 4.69) is 18.3 Å². The fourth-order valence-electron chi connectivity index (χ4n) is 2.50. The maximum atomic E-state index is 12.5. The Balaban J connectivity index is 2.41. The van der Waals surface area contributed by atoms with Crippen molar-refractivity contribution in [2.75, 3.05) is 11.9 Å². The highest BCUT2D eigenvalue weighted by Crippen LogP contribution is 2.37. The first-order valence-electron chi connectivity index (χ1n) is 8.64. The van der Waals surface area contributed by atoms with Gasteiger partial charge in [-0.3, -0.25) is 4.79 Å². The Kier molecular flexibility index (Phi) is 6.76. The van der Waals surface area contributed by atoms with E-state index in [1.54, 1.807) is 6.92 Å². The average molecular weight is 359 g/mol. The van der Waals surface area contributed by atoms with Crippen LogP contribution in [0, 0.1) is 13.8 Å². The topological polar surface area (TPSA) is 55.4 Å². The zero-order valence-corrected chi connectivity index (χ0v) is 16.1. The van der Waals surface area contributed by atoms with Crippen LogP contribution in [0.5, 0.6) is 0 Å². The molecule has 0 fully saturated rings. The molecule has 5 heteroatoms. The van der Waals surface area contributed by atoms with Gasteiger partial charge >= 0.3 is 5.97 Å². The number of thiophene rings is 1. The molecule has 0 atom stereocenters. The number of hydrogen-bond acceptors (Lipinski definition) is 4. The SMILES string of the molecule is CCCCC(=O)Nc1scc(-c2ccc(C)c(C)c2)c1C(=O)OCC. The first kappa shape index (κ1) is 19.2. The van der Waals surface area contributed by atoms with E-state index in [0.717, 1.165) is 29.5 Å². The van der Waals surface area contributed by atoms with Crippen molar-refractivity contribution in [2.24, 2.45) is 0 Å². The number of carbonyl (C=O) groups is 2. The van der Waals surface area contributed by atoms with Gasteiger partial charge in [0.1, 0.15) is 10.6 Å². The number of benzene rings is 1. The third kappa shape index (κ3) is 4.69. The van der Waals surface area contributed by atoms with Crippen LogP contribution in [-0.2, 0) is 9.53 Å². The van der Waals surface area contributed by atoms with Gasteiger partial charge in [0.2, 0.25) is 5.91 Å². The summed E-state index contributed by atoms with van der Waals surface area (Å²) >= 11 is 1.36. The van der Waals surface area contributed by atoms with E-state index in [9.17, 15) is 9.59 Å². The molecule has 1 N–H and O–H groups in total. The van der Waals surface area contributed by atoms with E-state index in [1.165, 1.54) is 16.9 Å². The minimum absolute atomic E-state index is 0.0686. The van der Waals surface area contributed by atoms with Crippen LogP contribution < -0.4 is 5.32 Å². The molecule has 0 aliphatic rings. The summed E-state index contributed by atoms with van der Waals surface area (Å²) in [7, 11) is 0. The van der Waals surface area contributed by atoms with Gasteiger partial charge in [-0.15, -0.1) is 11.3 Å². The van der Waals surface area contributed by atoms with Crippen molar-refractivity contribution in [1.82, 2.24) is 0 Å². The molecule has 1 aromatic carbocycles. The lowest BCUT2D eigenvalue weighted by atomic mass is 9.99. The smallest absolute Gasteiger partial charge is 0.341 e. The quantitative estimate of drug-likeness (QED) is 0.679. The van der Waals surface area contributed by atoms with E-state index in [-0.39, 0.29) is 5.91 Å². The molecule has 0 aliphatic carbocycles. The van der Waals surface area contributed by atoms with Gasteiger partial charge in [-0.2, -0.15) is 0 Å². The Morgan fingerprint density at radius 3 is 2.56 bits per heavy atom. The Labute approximate surface area is 153 Å². The van der Waals surface area contributed by atoms with Crippen LogP contribution in [0.2, 0.25) is 0 Å². The summed E-state index contributed by atoms with van der Waals surface area (Å²) in [5.74, 6) is -0.469. The summed E-state index contributed by atoms with van der Waals surface area (Å²) < 4.78 is 5.22. The lowest BCUT2D eigenvalue weighted by molar-refractivity contribution is -0.116. The van der Waals surface area contributed by atoms with Gasteiger partial charge in [0, 0.05) is 17.4 Å². The lowest BCUT2D eigenvalue weighted by Gasteiger charge is -2.10. The number of anilines is 1. The monoisotopic (exact) mass is 359 g/mol. The summed E-state index contributed by atoms with van der Waals surface area (Å²) in [6.45, 7) is 8.21. The summed E-state index contributed by atoms with van der Waals surface area (Å²) in [5, 5.41) is 5.35. The Morgan fingerprint density at radius 1 is 1.16 bits per heavy atom. The highest BCUT2D eigenvalue weighted by molar-refractivity contribution is 7.15. The number of ether oxygens (including phenoxy) is 1. The molecule has 0 saturated carbocycles. The molecule has 4 nitrogen and oxygen atoms in total. The molecule has 0 bridgehead atoms. The van der Waals surface area contributed by atoms with Crippen LogP contribution >= 0.6 is 11.3 Å². The second-order valence-electron chi connectivity index (χ2n) is 6.02. The zero-order valence-electron chi connectivity index (χ0n) is 15.3. The van der Waals surface area contributed by atoms with Crippen molar-refractivity contribution in [3.05, 3.63) is 40.3 Å². The molecule has 0 spiro atoms. The Morgan fingerprint density at radius 2 is 1.92 bits per heavy atom. The van der Waals surface area contributed by atoms with Crippen molar-refractivity contribution in [3.63, 3.8) is 0 Å². The maximum Gasteiger partial charge on any atom is 0.341 e. The standard InChI is InChI=1S/C20H25NO3S/c1-5-7-8-17(22)21-19-18(20(23)24-6-2)16(12-25-19)15-10-9-13(3)14(4)11-15/h9-12H,5-8H2,1-4H3,(H,21,22). The maximum absolute atomic E-state index is 12.5. The molecule has 2 rings (SSSR count). The van der Waals surface area contributed by atoms with E-state index >= 15 is 0 Å². The van der Waals surface area contributed by atoms with Crippen LogP contribution in [0.25, 0.3) is 11.1 Å². The highest BCUT2D eigenvalue weighted by atomic mass is 32.1. The van der Waals surface area contributed by atoms with E-state index in [0.29, 0.717) is 23.6 Å². The lowest BCUT2D eigenvalue weighted by Crippen LogP contribution is -2.14. The van der Waals surface area contributed by atoms with Gasteiger partial charge in [-0.1, -0.05) is 31.5 Å². The average Bonchev–Trinajstić information content (AvgIpc) is 2.99. The third-order valence-electron chi connectivity index (χ3n) is 4.10. The number of hydrogen-bond donors (Lipinski definition) is 1. The number of unbranched alkanes of at least 4 members (excludes halogenated alkanes) is 1.